The monoisotopic (exact) mass is 349 g/mol. The summed E-state index contributed by atoms with van der Waals surface area (Å²) in [7, 11) is 0. The van der Waals surface area contributed by atoms with E-state index in [0.29, 0.717) is 6.54 Å². The van der Waals surface area contributed by atoms with E-state index in [1.54, 1.807) is 18.7 Å². The highest BCUT2D eigenvalue weighted by atomic mass is 16.2. The summed E-state index contributed by atoms with van der Waals surface area (Å²) in [4.78, 5) is 20.6. The van der Waals surface area contributed by atoms with E-state index in [-0.39, 0.29) is 12.1 Å². The average molecular weight is 349 g/mol. The van der Waals surface area contributed by atoms with Crippen LogP contribution >= 0.6 is 0 Å². The van der Waals surface area contributed by atoms with Gasteiger partial charge in [-0.25, -0.2) is 14.8 Å². The van der Waals surface area contributed by atoms with Crippen molar-refractivity contribution in [3.63, 3.8) is 0 Å². The molecule has 0 aliphatic rings. The number of carbonyl (C=O) groups is 1. The Kier molecular flexibility index (Phi) is 5.98. The molecular formula is C20H23N5O. The van der Waals surface area contributed by atoms with Crippen molar-refractivity contribution in [2.24, 2.45) is 0 Å². The molecule has 6 nitrogen and oxygen atoms in total. The number of benzene rings is 1. The van der Waals surface area contributed by atoms with Gasteiger partial charge in [-0.2, -0.15) is 0 Å². The molecule has 2 amide bonds. The van der Waals surface area contributed by atoms with E-state index in [4.69, 9.17) is 0 Å². The van der Waals surface area contributed by atoms with Gasteiger partial charge in [-0.15, -0.1) is 0 Å². The number of aromatic nitrogens is 3. The van der Waals surface area contributed by atoms with Gasteiger partial charge in [-0.05, 0) is 31.4 Å². The fourth-order valence-electron chi connectivity index (χ4n) is 2.74. The first-order chi connectivity index (χ1) is 12.7. The van der Waals surface area contributed by atoms with E-state index in [1.165, 1.54) is 5.56 Å². The van der Waals surface area contributed by atoms with Gasteiger partial charge in [0.25, 0.3) is 0 Å². The minimum Gasteiger partial charge on any atom is -0.336 e. The standard InChI is InChI=1S/C20H23N5O/c1-16(9-10-17-6-3-2-4-7-17)24-20(26)23-14-18-8-5-11-22-19(18)25-13-12-21-15-25/h2-8,11-13,15-16H,9-10,14H2,1H3,(H2,23,24,26). The highest BCUT2D eigenvalue weighted by molar-refractivity contribution is 5.74. The van der Waals surface area contributed by atoms with Crippen LogP contribution in [0.25, 0.3) is 5.82 Å². The zero-order chi connectivity index (χ0) is 18.2. The van der Waals surface area contributed by atoms with Gasteiger partial charge in [-0.1, -0.05) is 36.4 Å². The van der Waals surface area contributed by atoms with Crippen LogP contribution in [0.3, 0.4) is 0 Å². The lowest BCUT2D eigenvalue weighted by Crippen LogP contribution is -2.40. The average Bonchev–Trinajstić information content (AvgIpc) is 3.20. The Morgan fingerprint density at radius 2 is 2.00 bits per heavy atom. The second kappa shape index (κ2) is 8.80. The number of carbonyl (C=O) groups excluding carboxylic acids is 1. The normalized spacial score (nSPS) is 11.7. The van der Waals surface area contributed by atoms with Crippen LogP contribution < -0.4 is 10.6 Å². The predicted octanol–water partition coefficient (Wildman–Crippen LogP) is 3.09. The van der Waals surface area contributed by atoms with Crippen molar-refractivity contribution in [3.8, 4) is 5.82 Å². The zero-order valence-electron chi connectivity index (χ0n) is 14.8. The number of imidazole rings is 1. The zero-order valence-corrected chi connectivity index (χ0v) is 14.8. The molecule has 0 bridgehead atoms. The maximum absolute atomic E-state index is 12.2. The highest BCUT2D eigenvalue weighted by Crippen LogP contribution is 2.10. The van der Waals surface area contributed by atoms with Gasteiger partial charge in [0.1, 0.15) is 12.1 Å². The largest absolute Gasteiger partial charge is 0.336 e. The lowest BCUT2D eigenvalue weighted by Gasteiger charge is -2.15. The minimum atomic E-state index is -0.175. The predicted molar refractivity (Wildman–Crippen MR) is 101 cm³/mol. The maximum atomic E-state index is 12.2. The third kappa shape index (κ3) is 4.92. The van der Waals surface area contributed by atoms with Gasteiger partial charge in [0, 0.05) is 36.7 Å². The van der Waals surface area contributed by atoms with Gasteiger partial charge in [0.05, 0.1) is 0 Å². The Hall–Kier alpha value is -3.15. The van der Waals surface area contributed by atoms with Crippen LogP contribution in [0, 0.1) is 0 Å². The second-order valence-electron chi connectivity index (χ2n) is 6.21. The minimum absolute atomic E-state index is 0.0947. The van der Waals surface area contributed by atoms with E-state index in [9.17, 15) is 4.79 Å². The van der Waals surface area contributed by atoms with Crippen molar-refractivity contribution in [2.45, 2.75) is 32.4 Å². The SMILES string of the molecule is CC(CCc1ccccc1)NC(=O)NCc1cccnc1-n1ccnc1. The van der Waals surface area contributed by atoms with Gasteiger partial charge in [-0.3, -0.25) is 4.57 Å². The molecule has 3 aromatic rings. The first-order valence-electron chi connectivity index (χ1n) is 8.73. The molecule has 0 aliphatic carbocycles. The Morgan fingerprint density at radius 1 is 1.15 bits per heavy atom. The van der Waals surface area contributed by atoms with Crippen molar-refractivity contribution in [3.05, 3.63) is 78.5 Å². The van der Waals surface area contributed by atoms with E-state index >= 15 is 0 Å². The molecule has 0 spiro atoms. The van der Waals surface area contributed by atoms with E-state index in [0.717, 1.165) is 24.2 Å². The summed E-state index contributed by atoms with van der Waals surface area (Å²) in [5.74, 6) is 0.766. The lowest BCUT2D eigenvalue weighted by molar-refractivity contribution is 0.237. The van der Waals surface area contributed by atoms with Gasteiger partial charge in [0.15, 0.2) is 0 Å². The molecule has 2 N–H and O–H groups in total. The molecule has 1 unspecified atom stereocenters. The van der Waals surface area contributed by atoms with Crippen molar-refractivity contribution < 1.29 is 4.79 Å². The summed E-state index contributed by atoms with van der Waals surface area (Å²) in [6.45, 7) is 2.42. The molecule has 26 heavy (non-hydrogen) atoms. The number of hydrogen-bond donors (Lipinski definition) is 2. The van der Waals surface area contributed by atoms with Crippen LogP contribution in [-0.2, 0) is 13.0 Å². The van der Waals surface area contributed by atoms with Crippen LogP contribution in [0.5, 0.6) is 0 Å². The highest BCUT2D eigenvalue weighted by Gasteiger charge is 2.10. The molecule has 6 heteroatoms. The number of hydrogen-bond acceptors (Lipinski definition) is 3. The summed E-state index contributed by atoms with van der Waals surface area (Å²) in [5, 5.41) is 5.89. The summed E-state index contributed by atoms with van der Waals surface area (Å²) in [6.07, 6.45) is 8.78. The van der Waals surface area contributed by atoms with Crippen LogP contribution in [0.1, 0.15) is 24.5 Å². The molecule has 1 atom stereocenters. The quantitative estimate of drug-likeness (QED) is 0.688. The van der Waals surface area contributed by atoms with Gasteiger partial charge in [0.2, 0.25) is 0 Å². The third-order valence-corrected chi connectivity index (χ3v) is 4.14. The maximum Gasteiger partial charge on any atom is 0.315 e. The molecule has 1 aromatic carbocycles. The van der Waals surface area contributed by atoms with Crippen LogP contribution in [0.4, 0.5) is 4.79 Å². The van der Waals surface area contributed by atoms with E-state index in [2.05, 4.69) is 32.7 Å². The fraction of sp³-hybridized carbons (Fsp3) is 0.250. The topological polar surface area (TPSA) is 71.8 Å². The van der Waals surface area contributed by atoms with Gasteiger partial charge < -0.3 is 10.6 Å². The molecule has 2 aromatic heterocycles. The molecule has 0 saturated heterocycles. The first-order valence-corrected chi connectivity index (χ1v) is 8.73. The molecule has 2 heterocycles. The molecule has 0 fully saturated rings. The third-order valence-electron chi connectivity index (χ3n) is 4.14. The smallest absolute Gasteiger partial charge is 0.315 e. The number of pyridine rings is 1. The van der Waals surface area contributed by atoms with Gasteiger partial charge >= 0.3 is 6.03 Å². The van der Waals surface area contributed by atoms with Crippen LogP contribution in [-0.4, -0.2) is 26.6 Å². The Balaban J connectivity index is 1.48. The Bertz CT molecular complexity index is 817. The number of aryl methyl sites for hydroxylation is 1. The Labute approximate surface area is 153 Å². The van der Waals surface area contributed by atoms with Crippen molar-refractivity contribution in [2.75, 3.05) is 0 Å². The Morgan fingerprint density at radius 3 is 2.77 bits per heavy atom. The molecule has 0 radical (unpaired) electrons. The summed E-state index contributed by atoms with van der Waals surface area (Å²) < 4.78 is 1.83. The van der Waals surface area contributed by atoms with Crippen molar-refractivity contribution in [1.82, 2.24) is 25.2 Å². The van der Waals surface area contributed by atoms with E-state index < -0.39 is 0 Å². The molecule has 3 rings (SSSR count). The first kappa shape index (κ1) is 17.7. The molecule has 0 saturated carbocycles. The molecule has 0 aliphatic heterocycles. The van der Waals surface area contributed by atoms with Crippen LogP contribution in [0.15, 0.2) is 67.4 Å². The number of urea groups is 1. The summed E-state index contributed by atoms with van der Waals surface area (Å²) in [5.41, 5.74) is 2.21. The number of rotatable bonds is 7. The fourth-order valence-corrected chi connectivity index (χ4v) is 2.74. The number of nitrogens with zero attached hydrogens (tertiary/aromatic N) is 3. The van der Waals surface area contributed by atoms with E-state index in [1.807, 2.05) is 48.0 Å². The second-order valence-corrected chi connectivity index (χ2v) is 6.21. The lowest BCUT2D eigenvalue weighted by atomic mass is 10.1. The van der Waals surface area contributed by atoms with Crippen LogP contribution in [0.2, 0.25) is 0 Å². The van der Waals surface area contributed by atoms with Crippen molar-refractivity contribution in [1.29, 1.82) is 0 Å². The molecule has 134 valence electrons. The van der Waals surface area contributed by atoms with Crippen molar-refractivity contribution >= 4 is 6.03 Å². The summed E-state index contributed by atoms with van der Waals surface area (Å²) >= 11 is 0. The summed E-state index contributed by atoms with van der Waals surface area (Å²) in [6, 6.07) is 14.0. The molecular weight excluding hydrogens is 326 g/mol. The number of amides is 2. The number of nitrogens with one attached hydrogen (secondary N) is 2.